The molecule has 0 spiro atoms. The van der Waals surface area contributed by atoms with Crippen molar-refractivity contribution in [3.8, 4) is 0 Å². The molecule has 0 fully saturated rings. The lowest BCUT2D eigenvalue weighted by molar-refractivity contribution is -0.114. The van der Waals surface area contributed by atoms with E-state index in [0.29, 0.717) is 5.95 Å². The minimum atomic E-state index is -0.174. The SMILES string of the molecule is CNc1cnc(NC(C)=O)nc1. The van der Waals surface area contributed by atoms with Gasteiger partial charge >= 0.3 is 0 Å². The van der Waals surface area contributed by atoms with Gasteiger partial charge in [0.05, 0.1) is 18.1 Å². The highest BCUT2D eigenvalue weighted by atomic mass is 16.1. The zero-order valence-corrected chi connectivity index (χ0v) is 6.96. The second kappa shape index (κ2) is 3.66. The second-order valence-electron chi connectivity index (χ2n) is 2.23. The summed E-state index contributed by atoms with van der Waals surface area (Å²) in [4.78, 5) is 18.3. The van der Waals surface area contributed by atoms with Crippen LogP contribution >= 0.6 is 0 Å². The third-order valence-electron chi connectivity index (χ3n) is 1.23. The minimum absolute atomic E-state index is 0.174. The molecule has 0 unspecified atom stereocenters. The van der Waals surface area contributed by atoms with E-state index in [-0.39, 0.29) is 5.91 Å². The van der Waals surface area contributed by atoms with Crippen molar-refractivity contribution < 1.29 is 4.79 Å². The van der Waals surface area contributed by atoms with Crippen LogP contribution in [0.15, 0.2) is 12.4 Å². The molecular weight excluding hydrogens is 156 g/mol. The van der Waals surface area contributed by atoms with Crippen molar-refractivity contribution in [2.24, 2.45) is 0 Å². The van der Waals surface area contributed by atoms with E-state index in [4.69, 9.17) is 0 Å². The number of amides is 1. The average Bonchev–Trinajstić information content (AvgIpc) is 2.05. The normalized spacial score (nSPS) is 9.17. The van der Waals surface area contributed by atoms with Crippen LogP contribution in [0.5, 0.6) is 0 Å². The lowest BCUT2D eigenvalue weighted by Gasteiger charge is -2.00. The predicted molar refractivity (Wildman–Crippen MR) is 45.9 cm³/mol. The van der Waals surface area contributed by atoms with Crippen molar-refractivity contribution in [2.45, 2.75) is 6.92 Å². The van der Waals surface area contributed by atoms with Gasteiger partial charge in [0.1, 0.15) is 0 Å². The topological polar surface area (TPSA) is 66.9 Å². The lowest BCUT2D eigenvalue weighted by Crippen LogP contribution is -2.09. The molecule has 0 aliphatic carbocycles. The number of carbonyl (C=O) groups is 1. The van der Waals surface area contributed by atoms with Gasteiger partial charge in [0, 0.05) is 14.0 Å². The van der Waals surface area contributed by atoms with E-state index in [1.165, 1.54) is 6.92 Å². The summed E-state index contributed by atoms with van der Waals surface area (Å²) in [5, 5.41) is 5.34. The Hall–Kier alpha value is -1.65. The standard InChI is InChI=1S/C7H10N4O/c1-5(12)11-7-9-3-6(8-2)4-10-7/h3-4,8H,1-2H3,(H,9,10,11,12). The van der Waals surface area contributed by atoms with Gasteiger partial charge in [-0.1, -0.05) is 0 Å². The number of nitrogens with one attached hydrogen (secondary N) is 2. The Kier molecular flexibility index (Phi) is 2.57. The first-order valence-electron chi connectivity index (χ1n) is 3.50. The maximum atomic E-state index is 10.6. The zero-order valence-electron chi connectivity index (χ0n) is 6.96. The number of rotatable bonds is 2. The molecule has 0 atom stereocenters. The molecule has 1 aromatic heterocycles. The van der Waals surface area contributed by atoms with Crippen LogP contribution in [0.25, 0.3) is 0 Å². The highest BCUT2D eigenvalue weighted by Gasteiger charge is 1.96. The number of hydrogen-bond acceptors (Lipinski definition) is 4. The molecule has 0 saturated carbocycles. The summed E-state index contributed by atoms with van der Waals surface area (Å²) in [6, 6.07) is 0. The predicted octanol–water partition coefficient (Wildman–Crippen LogP) is 0.477. The molecule has 0 aliphatic heterocycles. The summed E-state index contributed by atoms with van der Waals surface area (Å²) >= 11 is 0. The Morgan fingerprint density at radius 2 is 2.00 bits per heavy atom. The maximum Gasteiger partial charge on any atom is 0.229 e. The molecule has 5 heteroatoms. The molecule has 12 heavy (non-hydrogen) atoms. The van der Waals surface area contributed by atoms with Crippen molar-refractivity contribution in [1.29, 1.82) is 0 Å². The molecule has 0 bridgehead atoms. The maximum absolute atomic E-state index is 10.6. The minimum Gasteiger partial charge on any atom is -0.386 e. The van der Waals surface area contributed by atoms with Gasteiger partial charge < -0.3 is 5.32 Å². The third kappa shape index (κ3) is 2.19. The molecule has 5 nitrogen and oxygen atoms in total. The van der Waals surface area contributed by atoms with Gasteiger partial charge in [-0.2, -0.15) is 0 Å². The van der Waals surface area contributed by atoms with Gasteiger partial charge in [-0.3, -0.25) is 10.1 Å². The van der Waals surface area contributed by atoms with Crippen molar-refractivity contribution in [2.75, 3.05) is 17.7 Å². The van der Waals surface area contributed by atoms with Gasteiger partial charge in [-0.15, -0.1) is 0 Å². The molecule has 0 aliphatic rings. The largest absolute Gasteiger partial charge is 0.386 e. The van der Waals surface area contributed by atoms with Crippen LogP contribution in [0.2, 0.25) is 0 Å². The summed E-state index contributed by atoms with van der Waals surface area (Å²) in [7, 11) is 1.77. The van der Waals surface area contributed by atoms with E-state index in [1.54, 1.807) is 19.4 Å². The molecule has 2 N–H and O–H groups in total. The van der Waals surface area contributed by atoms with Crippen LogP contribution in [0.3, 0.4) is 0 Å². The van der Waals surface area contributed by atoms with Crippen molar-refractivity contribution in [1.82, 2.24) is 9.97 Å². The summed E-state index contributed by atoms with van der Waals surface area (Å²) in [6.07, 6.45) is 3.19. The Bertz CT molecular complexity index is 269. The molecule has 1 heterocycles. The van der Waals surface area contributed by atoms with Gasteiger partial charge in [0.2, 0.25) is 11.9 Å². The van der Waals surface area contributed by atoms with Gasteiger partial charge in [0.25, 0.3) is 0 Å². The Morgan fingerprint density at radius 3 is 2.42 bits per heavy atom. The van der Waals surface area contributed by atoms with Crippen molar-refractivity contribution in [3.63, 3.8) is 0 Å². The van der Waals surface area contributed by atoms with Crippen molar-refractivity contribution >= 4 is 17.5 Å². The summed E-state index contributed by atoms with van der Waals surface area (Å²) in [5.74, 6) is 0.147. The number of hydrogen-bond donors (Lipinski definition) is 2. The number of nitrogens with zero attached hydrogens (tertiary/aromatic N) is 2. The number of carbonyl (C=O) groups excluding carboxylic acids is 1. The first-order chi connectivity index (χ1) is 5.72. The highest BCUT2D eigenvalue weighted by molar-refractivity contribution is 5.86. The summed E-state index contributed by atoms with van der Waals surface area (Å²) < 4.78 is 0. The Labute approximate surface area is 70.2 Å². The van der Waals surface area contributed by atoms with E-state index in [9.17, 15) is 4.79 Å². The molecule has 1 aromatic rings. The second-order valence-corrected chi connectivity index (χ2v) is 2.23. The first-order valence-corrected chi connectivity index (χ1v) is 3.50. The fraction of sp³-hybridized carbons (Fsp3) is 0.286. The Balaban J connectivity index is 2.71. The fourth-order valence-corrected chi connectivity index (χ4v) is 0.679. The third-order valence-corrected chi connectivity index (χ3v) is 1.23. The zero-order chi connectivity index (χ0) is 8.97. The molecule has 0 saturated heterocycles. The van der Waals surface area contributed by atoms with Gasteiger partial charge in [-0.25, -0.2) is 9.97 Å². The molecular formula is C7H10N4O. The van der Waals surface area contributed by atoms with Gasteiger partial charge in [-0.05, 0) is 0 Å². The van der Waals surface area contributed by atoms with Crippen LogP contribution < -0.4 is 10.6 Å². The van der Waals surface area contributed by atoms with Crippen LogP contribution in [0.1, 0.15) is 6.92 Å². The highest BCUT2D eigenvalue weighted by Crippen LogP contribution is 2.03. The van der Waals surface area contributed by atoms with Crippen LogP contribution in [-0.4, -0.2) is 22.9 Å². The first kappa shape index (κ1) is 8.45. The van der Waals surface area contributed by atoms with Crippen LogP contribution in [-0.2, 0) is 4.79 Å². The van der Waals surface area contributed by atoms with E-state index in [2.05, 4.69) is 20.6 Å². The molecule has 1 rings (SSSR count). The summed E-state index contributed by atoms with van der Waals surface area (Å²) in [6.45, 7) is 1.41. The quantitative estimate of drug-likeness (QED) is 0.670. The Morgan fingerprint density at radius 1 is 1.42 bits per heavy atom. The van der Waals surface area contributed by atoms with E-state index in [0.717, 1.165) is 5.69 Å². The van der Waals surface area contributed by atoms with Crippen molar-refractivity contribution in [3.05, 3.63) is 12.4 Å². The van der Waals surface area contributed by atoms with E-state index in [1.807, 2.05) is 0 Å². The lowest BCUT2D eigenvalue weighted by atomic mass is 10.5. The fourth-order valence-electron chi connectivity index (χ4n) is 0.679. The van der Waals surface area contributed by atoms with Crippen LogP contribution in [0, 0.1) is 0 Å². The molecule has 1 amide bonds. The summed E-state index contributed by atoms with van der Waals surface area (Å²) in [5.41, 5.74) is 0.809. The van der Waals surface area contributed by atoms with Crippen LogP contribution in [0.4, 0.5) is 11.6 Å². The number of aromatic nitrogens is 2. The van der Waals surface area contributed by atoms with E-state index < -0.39 is 0 Å². The number of anilines is 2. The molecule has 0 radical (unpaired) electrons. The average molecular weight is 166 g/mol. The molecule has 64 valence electrons. The smallest absolute Gasteiger partial charge is 0.229 e. The molecule has 0 aromatic carbocycles. The van der Waals surface area contributed by atoms with E-state index >= 15 is 0 Å². The van der Waals surface area contributed by atoms with Gasteiger partial charge in [0.15, 0.2) is 0 Å². The monoisotopic (exact) mass is 166 g/mol.